The summed E-state index contributed by atoms with van der Waals surface area (Å²) in [7, 11) is 0. The Hall–Kier alpha value is -1.06. The third-order valence-electron chi connectivity index (χ3n) is 2.99. The zero-order valence-electron chi connectivity index (χ0n) is 11.2. The van der Waals surface area contributed by atoms with Crippen LogP contribution < -0.4 is 5.32 Å². The van der Waals surface area contributed by atoms with Gasteiger partial charge in [0.15, 0.2) is 0 Å². The lowest BCUT2D eigenvalue weighted by atomic mass is 9.82. The molecule has 1 amide bonds. The number of nitrogens with one attached hydrogen (secondary N) is 1. The molecule has 1 fully saturated rings. The first kappa shape index (κ1) is 14.0. The largest absolute Gasteiger partial charge is 0.444 e. The molecule has 0 spiro atoms. The molecule has 0 aromatic heterocycles. The zero-order chi connectivity index (χ0) is 13.1. The van der Waals surface area contributed by atoms with E-state index < -0.39 is 11.7 Å². The number of carbonyl (C=O) groups is 2. The molecular weight excluding hydrogens is 218 g/mol. The minimum atomic E-state index is -0.496. The summed E-state index contributed by atoms with van der Waals surface area (Å²) in [5, 5.41) is 2.82. The molecule has 0 bridgehead atoms. The highest BCUT2D eigenvalue weighted by molar-refractivity contribution is 5.80. The molecule has 0 aromatic rings. The van der Waals surface area contributed by atoms with Crippen LogP contribution in [0.2, 0.25) is 0 Å². The average Bonchev–Trinajstić information content (AvgIpc) is 2.14. The molecular formula is C13H23NO3. The Bertz CT molecular complexity index is 294. The lowest BCUT2D eigenvalue weighted by Crippen LogP contribution is -2.46. The fraction of sp³-hybridized carbons (Fsp3) is 0.846. The smallest absolute Gasteiger partial charge is 0.407 e. The fourth-order valence-corrected chi connectivity index (χ4v) is 2.25. The van der Waals surface area contributed by atoms with Crippen LogP contribution in [0.1, 0.15) is 53.4 Å². The summed E-state index contributed by atoms with van der Waals surface area (Å²) in [4.78, 5) is 23.1. The molecule has 0 heterocycles. The maximum Gasteiger partial charge on any atom is 0.407 e. The average molecular weight is 241 g/mol. The van der Waals surface area contributed by atoms with Gasteiger partial charge in [0.1, 0.15) is 11.4 Å². The van der Waals surface area contributed by atoms with E-state index in [-0.39, 0.29) is 17.7 Å². The van der Waals surface area contributed by atoms with Crippen molar-refractivity contribution in [3.05, 3.63) is 0 Å². The Morgan fingerprint density at radius 1 is 1.18 bits per heavy atom. The van der Waals surface area contributed by atoms with Crippen LogP contribution in [0.3, 0.4) is 0 Å². The Morgan fingerprint density at radius 2 is 1.76 bits per heavy atom. The predicted molar refractivity (Wildman–Crippen MR) is 65.8 cm³/mol. The number of hydrogen-bond acceptors (Lipinski definition) is 3. The minimum absolute atomic E-state index is 0.0451. The van der Waals surface area contributed by atoms with Crippen molar-refractivity contribution in [3.8, 4) is 0 Å². The van der Waals surface area contributed by atoms with Gasteiger partial charge >= 0.3 is 6.09 Å². The second-order valence-corrected chi connectivity index (χ2v) is 5.75. The monoisotopic (exact) mass is 241 g/mol. The molecule has 4 nitrogen and oxygen atoms in total. The van der Waals surface area contributed by atoms with E-state index in [1.54, 1.807) is 6.92 Å². The first-order chi connectivity index (χ1) is 7.79. The summed E-state index contributed by atoms with van der Waals surface area (Å²) < 4.78 is 5.21. The number of amides is 1. The maximum atomic E-state index is 11.7. The molecule has 98 valence electrons. The Morgan fingerprint density at radius 3 is 2.29 bits per heavy atom. The van der Waals surface area contributed by atoms with E-state index in [4.69, 9.17) is 4.74 Å². The first-order valence-corrected chi connectivity index (χ1v) is 6.29. The normalized spacial score (nSPS) is 25.2. The summed E-state index contributed by atoms with van der Waals surface area (Å²) in [6, 6.07) is -0.0592. The van der Waals surface area contributed by atoms with Gasteiger partial charge in [0, 0.05) is 12.0 Å². The lowest BCUT2D eigenvalue weighted by Gasteiger charge is -2.31. The molecule has 4 heteroatoms. The summed E-state index contributed by atoms with van der Waals surface area (Å²) in [6.07, 6.45) is 3.44. The molecule has 0 aliphatic heterocycles. The van der Waals surface area contributed by atoms with Crippen molar-refractivity contribution in [1.82, 2.24) is 5.32 Å². The molecule has 1 rings (SSSR count). The number of hydrogen-bond donors (Lipinski definition) is 1. The standard InChI is InChI=1S/C13H23NO3/c1-9(15)10-7-5-6-8-11(10)14-12(16)17-13(2,3)4/h10-11H,5-8H2,1-4H3,(H,14,16)/t10-,11-/m0/s1. The number of ketones is 1. The van der Waals surface area contributed by atoms with E-state index in [2.05, 4.69) is 5.32 Å². The van der Waals surface area contributed by atoms with Crippen LogP contribution in [-0.2, 0) is 9.53 Å². The SMILES string of the molecule is CC(=O)[C@@H]1CCCC[C@@H]1NC(=O)OC(C)(C)C. The van der Waals surface area contributed by atoms with Gasteiger partial charge in [-0.3, -0.25) is 4.79 Å². The van der Waals surface area contributed by atoms with Crippen molar-refractivity contribution in [2.24, 2.45) is 5.92 Å². The van der Waals surface area contributed by atoms with Crippen molar-refractivity contribution < 1.29 is 14.3 Å². The molecule has 1 saturated carbocycles. The lowest BCUT2D eigenvalue weighted by molar-refractivity contribution is -0.122. The molecule has 0 radical (unpaired) electrons. The van der Waals surface area contributed by atoms with E-state index in [0.29, 0.717) is 0 Å². The van der Waals surface area contributed by atoms with Gasteiger partial charge in [-0.15, -0.1) is 0 Å². The van der Waals surface area contributed by atoms with Crippen LogP contribution in [0.4, 0.5) is 4.79 Å². The fourth-order valence-electron chi connectivity index (χ4n) is 2.25. The number of rotatable bonds is 2. The maximum absolute atomic E-state index is 11.7. The Labute approximate surface area is 103 Å². The third-order valence-corrected chi connectivity index (χ3v) is 2.99. The van der Waals surface area contributed by atoms with E-state index in [9.17, 15) is 9.59 Å². The van der Waals surface area contributed by atoms with Gasteiger partial charge in [-0.2, -0.15) is 0 Å². The molecule has 0 aromatic carbocycles. The number of carbonyl (C=O) groups excluding carboxylic acids is 2. The van der Waals surface area contributed by atoms with Gasteiger partial charge < -0.3 is 10.1 Å². The van der Waals surface area contributed by atoms with Crippen molar-refractivity contribution in [1.29, 1.82) is 0 Å². The van der Waals surface area contributed by atoms with Crippen molar-refractivity contribution >= 4 is 11.9 Å². The van der Waals surface area contributed by atoms with Crippen molar-refractivity contribution in [2.75, 3.05) is 0 Å². The quantitative estimate of drug-likeness (QED) is 0.808. The van der Waals surface area contributed by atoms with E-state index >= 15 is 0 Å². The Balaban J connectivity index is 2.53. The van der Waals surface area contributed by atoms with E-state index in [1.807, 2.05) is 20.8 Å². The third kappa shape index (κ3) is 4.75. The summed E-state index contributed by atoms with van der Waals surface area (Å²) in [6.45, 7) is 7.08. The number of alkyl carbamates (subject to hydrolysis) is 1. The van der Waals surface area contributed by atoms with Gasteiger partial charge in [0.05, 0.1) is 0 Å². The highest BCUT2D eigenvalue weighted by Crippen LogP contribution is 2.25. The van der Waals surface area contributed by atoms with Crippen molar-refractivity contribution in [3.63, 3.8) is 0 Å². The number of Topliss-reactive ketones (excluding diaryl/α,β-unsaturated/α-hetero) is 1. The summed E-state index contributed by atoms with van der Waals surface area (Å²) in [5.41, 5.74) is -0.496. The van der Waals surface area contributed by atoms with Crippen molar-refractivity contribution in [2.45, 2.75) is 65.0 Å². The van der Waals surface area contributed by atoms with Gasteiger partial charge in [-0.25, -0.2) is 4.79 Å². The molecule has 1 aliphatic rings. The molecule has 0 unspecified atom stereocenters. The van der Waals surface area contributed by atoms with Gasteiger partial charge in [-0.1, -0.05) is 12.8 Å². The summed E-state index contributed by atoms with van der Waals surface area (Å²) >= 11 is 0. The van der Waals surface area contributed by atoms with Crippen LogP contribution in [0, 0.1) is 5.92 Å². The van der Waals surface area contributed by atoms with E-state index in [0.717, 1.165) is 25.7 Å². The second kappa shape index (κ2) is 5.52. The minimum Gasteiger partial charge on any atom is -0.444 e. The molecule has 0 saturated heterocycles. The summed E-state index contributed by atoms with van der Waals surface area (Å²) in [5.74, 6) is 0.113. The van der Waals surface area contributed by atoms with E-state index in [1.165, 1.54) is 0 Å². The molecule has 1 aliphatic carbocycles. The van der Waals surface area contributed by atoms with Crippen LogP contribution in [0.15, 0.2) is 0 Å². The van der Waals surface area contributed by atoms with Gasteiger partial charge in [0.25, 0.3) is 0 Å². The topological polar surface area (TPSA) is 55.4 Å². The van der Waals surface area contributed by atoms with Crippen LogP contribution in [0.5, 0.6) is 0 Å². The Kier molecular flexibility index (Phi) is 4.54. The van der Waals surface area contributed by atoms with Crippen LogP contribution in [0.25, 0.3) is 0 Å². The van der Waals surface area contributed by atoms with Crippen LogP contribution in [-0.4, -0.2) is 23.5 Å². The first-order valence-electron chi connectivity index (χ1n) is 6.29. The van der Waals surface area contributed by atoms with Gasteiger partial charge in [0.2, 0.25) is 0 Å². The van der Waals surface area contributed by atoms with Crippen LogP contribution >= 0.6 is 0 Å². The highest BCUT2D eigenvalue weighted by Gasteiger charge is 2.30. The predicted octanol–water partition coefficient (Wildman–Crippen LogP) is 2.66. The second-order valence-electron chi connectivity index (χ2n) is 5.75. The molecule has 1 N–H and O–H groups in total. The molecule has 2 atom stereocenters. The van der Waals surface area contributed by atoms with Gasteiger partial charge in [-0.05, 0) is 40.5 Å². The zero-order valence-corrected chi connectivity index (χ0v) is 11.2. The number of ether oxygens (including phenoxy) is 1. The molecule has 17 heavy (non-hydrogen) atoms. The highest BCUT2D eigenvalue weighted by atomic mass is 16.6.